The molecule has 0 saturated carbocycles. The first kappa shape index (κ1) is 16.1. The van der Waals surface area contributed by atoms with Gasteiger partial charge in [-0.15, -0.1) is 0 Å². The molecule has 0 aliphatic carbocycles. The zero-order valence-electron chi connectivity index (χ0n) is 13.8. The van der Waals surface area contributed by atoms with Crippen molar-refractivity contribution in [3.8, 4) is 0 Å². The minimum atomic E-state index is -0.145. The van der Waals surface area contributed by atoms with E-state index in [9.17, 15) is 9.59 Å². The molecule has 24 heavy (non-hydrogen) atoms. The number of carbonyl (C=O) groups excluding carboxylic acids is 2. The van der Waals surface area contributed by atoms with Crippen LogP contribution in [0.25, 0.3) is 0 Å². The molecule has 1 aromatic carbocycles. The van der Waals surface area contributed by atoms with E-state index in [1.807, 2.05) is 24.5 Å². The van der Waals surface area contributed by atoms with Crippen LogP contribution in [0, 0.1) is 0 Å². The molecule has 2 heterocycles. The third-order valence-corrected chi connectivity index (χ3v) is 4.01. The Morgan fingerprint density at radius 2 is 2.08 bits per heavy atom. The molecule has 3 rings (SSSR count). The Balaban J connectivity index is 1.93. The van der Waals surface area contributed by atoms with Crippen LogP contribution in [0.15, 0.2) is 30.6 Å². The topological polar surface area (TPSA) is 84.0 Å². The van der Waals surface area contributed by atoms with E-state index in [-0.39, 0.29) is 17.7 Å². The molecule has 2 amide bonds. The third-order valence-electron chi connectivity index (χ3n) is 4.01. The number of hydrogen-bond donors (Lipinski definition) is 2. The Bertz CT molecular complexity index is 771. The van der Waals surface area contributed by atoms with Gasteiger partial charge >= 0.3 is 0 Å². The first-order chi connectivity index (χ1) is 11.6. The fourth-order valence-electron chi connectivity index (χ4n) is 2.94. The number of benzene rings is 1. The summed E-state index contributed by atoms with van der Waals surface area (Å²) in [6, 6.07) is 5.56. The predicted octanol–water partition coefficient (Wildman–Crippen LogP) is 2.86. The maximum absolute atomic E-state index is 12.1. The molecule has 1 aliphatic rings. The molecule has 0 spiro atoms. The number of rotatable bonds is 4. The van der Waals surface area contributed by atoms with Crippen molar-refractivity contribution in [3.63, 3.8) is 0 Å². The van der Waals surface area contributed by atoms with Gasteiger partial charge in [-0.1, -0.05) is 13.0 Å². The van der Waals surface area contributed by atoms with Gasteiger partial charge in [-0.05, 0) is 29.7 Å². The Morgan fingerprint density at radius 3 is 2.75 bits per heavy atom. The molecule has 2 aromatic rings. The fraction of sp³-hybridized carbons (Fsp3) is 0.333. The highest BCUT2D eigenvalue weighted by molar-refractivity contribution is 5.97. The van der Waals surface area contributed by atoms with Gasteiger partial charge < -0.3 is 10.6 Å². The van der Waals surface area contributed by atoms with Gasteiger partial charge in [0, 0.05) is 49.5 Å². The first-order valence-corrected chi connectivity index (χ1v) is 8.09. The molecule has 1 aliphatic heterocycles. The summed E-state index contributed by atoms with van der Waals surface area (Å²) in [5.74, 6) is 0.553. The number of amides is 2. The predicted molar refractivity (Wildman–Crippen MR) is 91.9 cm³/mol. The maximum atomic E-state index is 12.1. The van der Waals surface area contributed by atoms with Crippen LogP contribution in [0.4, 0.5) is 11.4 Å². The Kier molecular flexibility index (Phi) is 4.55. The lowest BCUT2D eigenvalue weighted by Crippen LogP contribution is -2.24. The molecular formula is C18H20N4O2. The van der Waals surface area contributed by atoms with Crippen molar-refractivity contribution in [2.24, 2.45) is 0 Å². The minimum Gasteiger partial charge on any atom is -0.326 e. The maximum Gasteiger partial charge on any atom is 0.225 e. The van der Waals surface area contributed by atoms with Crippen LogP contribution in [0.5, 0.6) is 0 Å². The molecule has 0 fully saturated rings. The standard InChI is InChI=1S/C18H20N4O2/c1-3-4-17-19-9-12(10-20-17)15-8-18(24)22-16-7-13(21-11(2)23)5-6-14(15)16/h5-7,9-10,15H,3-4,8H2,1-2H3,(H,21,23)(H,22,24)/t15-/m0/s1. The van der Waals surface area contributed by atoms with E-state index in [1.165, 1.54) is 6.92 Å². The molecule has 0 bridgehead atoms. The molecule has 124 valence electrons. The average molecular weight is 324 g/mol. The van der Waals surface area contributed by atoms with Gasteiger partial charge in [-0.2, -0.15) is 0 Å². The van der Waals surface area contributed by atoms with Crippen molar-refractivity contribution < 1.29 is 9.59 Å². The lowest BCUT2D eigenvalue weighted by atomic mass is 9.86. The van der Waals surface area contributed by atoms with Crippen LogP contribution in [0.1, 0.15) is 49.6 Å². The molecule has 1 aromatic heterocycles. The SMILES string of the molecule is CCCc1ncc([C@@H]2CC(=O)Nc3cc(NC(C)=O)ccc32)cn1. The second-order valence-electron chi connectivity index (χ2n) is 5.97. The molecule has 6 nitrogen and oxygen atoms in total. The number of carbonyl (C=O) groups is 2. The van der Waals surface area contributed by atoms with Crippen LogP contribution >= 0.6 is 0 Å². The summed E-state index contributed by atoms with van der Waals surface area (Å²) < 4.78 is 0. The summed E-state index contributed by atoms with van der Waals surface area (Å²) in [5.41, 5.74) is 3.32. The molecule has 0 saturated heterocycles. The molecule has 0 radical (unpaired) electrons. The normalized spacial score (nSPS) is 16.2. The summed E-state index contributed by atoms with van der Waals surface area (Å²) in [6.07, 6.45) is 5.84. The van der Waals surface area contributed by atoms with Gasteiger partial charge in [0.1, 0.15) is 5.82 Å². The van der Waals surface area contributed by atoms with Crippen LogP contribution in [-0.4, -0.2) is 21.8 Å². The quantitative estimate of drug-likeness (QED) is 0.906. The summed E-state index contributed by atoms with van der Waals surface area (Å²) in [5, 5.41) is 5.60. The number of aryl methyl sites for hydroxylation is 1. The van der Waals surface area contributed by atoms with E-state index in [1.54, 1.807) is 6.07 Å². The molecule has 1 atom stereocenters. The van der Waals surface area contributed by atoms with Crippen LogP contribution in [0.3, 0.4) is 0 Å². The van der Waals surface area contributed by atoms with E-state index >= 15 is 0 Å². The monoisotopic (exact) mass is 324 g/mol. The summed E-state index contributed by atoms with van der Waals surface area (Å²) >= 11 is 0. The van der Waals surface area contributed by atoms with Crippen molar-refractivity contribution in [3.05, 3.63) is 47.5 Å². The van der Waals surface area contributed by atoms with Gasteiger partial charge in [0.2, 0.25) is 11.8 Å². The van der Waals surface area contributed by atoms with Gasteiger partial charge in [0.25, 0.3) is 0 Å². The van der Waals surface area contributed by atoms with Crippen molar-refractivity contribution in [2.75, 3.05) is 10.6 Å². The first-order valence-electron chi connectivity index (χ1n) is 8.09. The van der Waals surface area contributed by atoms with Crippen molar-refractivity contribution in [2.45, 2.75) is 39.0 Å². The summed E-state index contributed by atoms with van der Waals surface area (Å²) in [6.45, 7) is 3.54. The van der Waals surface area contributed by atoms with Gasteiger partial charge in [0.05, 0.1) is 0 Å². The van der Waals surface area contributed by atoms with E-state index in [0.717, 1.165) is 35.5 Å². The fourth-order valence-corrected chi connectivity index (χ4v) is 2.94. The zero-order valence-corrected chi connectivity index (χ0v) is 13.8. The number of nitrogens with zero attached hydrogens (tertiary/aromatic N) is 2. The Hall–Kier alpha value is -2.76. The number of nitrogens with one attached hydrogen (secondary N) is 2. The lowest BCUT2D eigenvalue weighted by molar-refractivity contribution is -0.116. The van der Waals surface area contributed by atoms with Gasteiger partial charge in [-0.25, -0.2) is 9.97 Å². The smallest absolute Gasteiger partial charge is 0.225 e. The highest BCUT2D eigenvalue weighted by Gasteiger charge is 2.27. The summed E-state index contributed by atoms with van der Waals surface area (Å²) in [7, 11) is 0. The van der Waals surface area contributed by atoms with Crippen molar-refractivity contribution in [1.29, 1.82) is 0 Å². The number of aromatic nitrogens is 2. The van der Waals surface area contributed by atoms with Crippen LogP contribution < -0.4 is 10.6 Å². The molecular weight excluding hydrogens is 304 g/mol. The van der Waals surface area contributed by atoms with Crippen molar-refractivity contribution in [1.82, 2.24) is 9.97 Å². The Morgan fingerprint density at radius 1 is 1.33 bits per heavy atom. The number of fused-ring (bicyclic) bond motifs is 1. The molecule has 2 N–H and O–H groups in total. The van der Waals surface area contributed by atoms with Crippen molar-refractivity contribution >= 4 is 23.2 Å². The lowest BCUT2D eigenvalue weighted by Gasteiger charge is -2.26. The number of anilines is 2. The van der Waals surface area contributed by atoms with Crippen LogP contribution in [-0.2, 0) is 16.0 Å². The van der Waals surface area contributed by atoms with E-state index < -0.39 is 0 Å². The molecule has 6 heteroatoms. The van der Waals surface area contributed by atoms with E-state index in [0.29, 0.717) is 12.1 Å². The summed E-state index contributed by atoms with van der Waals surface area (Å²) in [4.78, 5) is 32.1. The van der Waals surface area contributed by atoms with E-state index in [4.69, 9.17) is 0 Å². The second kappa shape index (κ2) is 6.78. The van der Waals surface area contributed by atoms with Gasteiger partial charge in [-0.3, -0.25) is 9.59 Å². The second-order valence-corrected chi connectivity index (χ2v) is 5.97. The largest absolute Gasteiger partial charge is 0.326 e. The van der Waals surface area contributed by atoms with Crippen LogP contribution in [0.2, 0.25) is 0 Å². The highest BCUT2D eigenvalue weighted by atomic mass is 16.2. The zero-order chi connectivity index (χ0) is 17.1. The van der Waals surface area contributed by atoms with E-state index in [2.05, 4.69) is 27.5 Å². The Labute approximate surface area is 140 Å². The average Bonchev–Trinajstić information content (AvgIpc) is 2.54. The highest BCUT2D eigenvalue weighted by Crippen LogP contribution is 2.37. The third kappa shape index (κ3) is 3.42. The van der Waals surface area contributed by atoms with Gasteiger partial charge in [0.15, 0.2) is 0 Å². The number of hydrogen-bond acceptors (Lipinski definition) is 4. The molecule has 0 unspecified atom stereocenters. The minimum absolute atomic E-state index is 0.0508.